The number of carbonyl (C=O) groups excluding carboxylic acids is 2. The van der Waals surface area contributed by atoms with Crippen LogP contribution in [0, 0.1) is 12.7 Å². The van der Waals surface area contributed by atoms with E-state index in [-0.39, 0.29) is 23.0 Å². The molecule has 0 saturated heterocycles. The normalized spacial score (nSPS) is 12.9. The molecular formula is C29H34FN3O4S. The summed E-state index contributed by atoms with van der Waals surface area (Å²) in [6, 6.07) is 19.5. The summed E-state index contributed by atoms with van der Waals surface area (Å²) >= 11 is 0. The average Bonchev–Trinajstić information content (AvgIpc) is 2.91. The van der Waals surface area contributed by atoms with E-state index < -0.39 is 40.2 Å². The van der Waals surface area contributed by atoms with Gasteiger partial charge >= 0.3 is 0 Å². The zero-order valence-corrected chi connectivity index (χ0v) is 22.9. The number of hydrogen-bond donors (Lipinski definition) is 1. The van der Waals surface area contributed by atoms with Crippen molar-refractivity contribution in [1.82, 2.24) is 10.2 Å². The summed E-state index contributed by atoms with van der Waals surface area (Å²) in [5.74, 6) is -1.57. The number of nitrogens with zero attached hydrogens (tertiary/aromatic N) is 2. The molecule has 0 bridgehead atoms. The van der Waals surface area contributed by atoms with Crippen molar-refractivity contribution in [2.45, 2.75) is 57.6 Å². The highest BCUT2D eigenvalue weighted by atomic mass is 32.2. The maximum absolute atomic E-state index is 14.6. The Hall–Kier alpha value is -3.72. The number of halogens is 1. The molecule has 3 aromatic carbocycles. The molecule has 0 aromatic heterocycles. The Kier molecular flexibility index (Phi) is 9.63. The number of aryl methyl sites for hydroxylation is 1. The summed E-state index contributed by atoms with van der Waals surface area (Å²) in [7, 11) is -4.13. The Bertz CT molecular complexity index is 1350. The van der Waals surface area contributed by atoms with E-state index >= 15 is 0 Å². The second-order valence-electron chi connectivity index (χ2n) is 9.27. The molecule has 0 fully saturated rings. The van der Waals surface area contributed by atoms with E-state index in [1.54, 1.807) is 55.5 Å². The number of amides is 2. The number of nitrogens with one attached hydrogen (secondary N) is 1. The number of carbonyl (C=O) groups is 2. The Morgan fingerprint density at radius 3 is 2.13 bits per heavy atom. The molecule has 7 nitrogen and oxygen atoms in total. The first-order valence-electron chi connectivity index (χ1n) is 12.5. The van der Waals surface area contributed by atoms with Crippen molar-refractivity contribution in [1.29, 1.82) is 0 Å². The second kappa shape index (κ2) is 12.7. The van der Waals surface area contributed by atoms with Gasteiger partial charge in [0.15, 0.2) is 0 Å². The van der Waals surface area contributed by atoms with Gasteiger partial charge in [0.2, 0.25) is 11.8 Å². The highest BCUT2D eigenvalue weighted by Gasteiger charge is 2.33. The molecule has 0 unspecified atom stereocenters. The molecule has 0 spiro atoms. The summed E-state index contributed by atoms with van der Waals surface area (Å²) in [5, 5.41) is 2.85. The van der Waals surface area contributed by atoms with Gasteiger partial charge in [0.25, 0.3) is 10.0 Å². The molecule has 9 heteroatoms. The topological polar surface area (TPSA) is 86.8 Å². The zero-order valence-electron chi connectivity index (χ0n) is 22.1. The minimum Gasteiger partial charge on any atom is -0.352 e. The predicted octanol–water partition coefficient (Wildman–Crippen LogP) is 4.66. The molecule has 202 valence electrons. The predicted molar refractivity (Wildman–Crippen MR) is 146 cm³/mol. The van der Waals surface area contributed by atoms with Gasteiger partial charge in [-0.2, -0.15) is 0 Å². The molecule has 0 aliphatic carbocycles. The van der Waals surface area contributed by atoms with Gasteiger partial charge in [0.1, 0.15) is 18.4 Å². The van der Waals surface area contributed by atoms with Crippen molar-refractivity contribution in [3.05, 3.63) is 95.8 Å². The Labute approximate surface area is 224 Å². The van der Waals surface area contributed by atoms with Crippen LogP contribution in [0.5, 0.6) is 0 Å². The lowest BCUT2D eigenvalue weighted by Crippen LogP contribution is -2.52. The van der Waals surface area contributed by atoms with Gasteiger partial charge in [-0.15, -0.1) is 0 Å². The maximum atomic E-state index is 14.6. The Morgan fingerprint density at radius 2 is 1.53 bits per heavy atom. The molecule has 0 saturated carbocycles. The highest BCUT2D eigenvalue weighted by molar-refractivity contribution is 7.92. The number of sulfonamides is 1. The fourth-order valence-corrected chi connectivity index (χ4v) is 5.25. The van der Waals surface area contributed by atoms with Crippen LogP contribution in [0.2, 0.25) is 0 Å². The van der Waals surface area contributed by atoms with Crippen molar-refractivity contribution in [3.8, 4) is 0 Å². The first kappa shape index (κ1) is 28.8. The molecule has 0 radical (unpaired) electrons. The first-order chi connectivity index (χ1) is 18.0. The van der Waals surface area contributed by atoms with Crippen molar-refractivity contribution < 1.29 is 22.4 Å². The quantitative estimate of drug-likeness (QED) is 0.384. The van der Waals surface area contributed by atoms with Gasteiger partial charge in [-0.25, -0.2) is 12.8 Å². The van der Waals surface area contributed by atoms with E-state index in [2.05, 4.69) is 5.32 Å². The Balaban J connectivity index is 2.02. The first-order valence-corrected chi connectivity index (χ1v) is 14.0. The SMILES string of the molecule is CC[C@H](C)NC(=O)[C@H](C)N(Cc1ccccc1F)C(=O)CN(c1ccc(C)cc1)S(=O)(=O)c1ccccc1. The Morgan fingerprint density at radius 1 is 0.921 bits per heavy atom. The van der Waals surface area contributed by atoms with Gasteiger partial charge in [-0.3, -0.25) is 13.9 Å². The zero-order chi connectivity index (χ0) is 27.9. The van der Waals surface area contributed by atoms with Crippen LogP contribution in [0.1, 0.15) is 38.3 Å². The smallest absolute Gasteiger partial charge is 0.264 e. The van der Waals surface area contributed by atoms with Crippen LogP contribution in [0.4, 0.5) is 10.1 Å². The molecule has 2 atom stereocenters. The lowest BCUT2D eigenvalue weighted by Gasteiger charge is -2.32. The van der Waals surface area contributed by atoms with Crippen LogP contribution < -0.4 is 9.62 Å². The molecule has 38 heavy (non-hydrogen) atoms. The molecule has 3 aromatic rings. The van der Waals surface area contributed by atoms with Gasteiger partial charge < -0.3 is 10.2 Å². The lowest BCUT2D eigenvalue weighted by atomic mass is 10.1. The van der Waals surface area contributed by atoms with Crippen LogP contribution in [-0.4, -0.2) is 43.8 Å². The van der Waals surface area contributed by atoms with Crippen LogP contribution in [-0.2, 0) is 26.2 Å². The number of hydrogen-bond acceptors (Lipinski definition) is 4. The molecule has 2 amide bonds. The van der Waals surface area contributed by atoms with Crippen molar-refractivity contribution in [3.63, 3.8) is 0 Å². The molecular weight excluding hydrogens is 505 g/mol. The summed E-state index contributed by atoms with van der Waals surface area (Å²) < 4.78 is 43.0. The minimum atomic E-state index is -4.13. The fourth-order valence-electron chi connectivity index (χ4n) is 3.82. The van der Waals surface area contributed by atoms with Crippen LogP contribution in [0.15, 0.2) is 83.8 Å². The number of benzene rings is 3. The van der Waals surface area contributed by atoms with E-state index in [9.17, 15) is 22.4 Å². The van der Waals surface area contributed by atoms with E-state index in [1.165, 1.54) is 35.2 Å². The van der Waals surface area contributed by atoms with Crippen LogP contribution in [0.25, 0.3) is 0 Å². The second-order valence-corrected chi connectivity index (χ2v) is 11.1. The number of anilines is 1. The third kappa shape index (κ3) is 6.98. The van der Waals surface area contributed by atoms with E-state index in [1.807, 2.05) is 20.8 Å². The molecule has 0 heterocycles. The summed E-state index contributed by atoms with van der Waals surface area (Å²) in [6.45, 7) is 6.42. The maximum Gasteiger partial charge on any atom is 0.264 e. The van der Waals surface area contributed by atoms with Crippen LogP contribution in [0.3, 0.4) is 0 Å². The van der Waals surface area contributed by atoms with Gasteiger partial charge in [0.05, 0.1) is 10.6 Å². The average molecular weight is 540 g/mol. The third-order valence-electron chi connectivity index (χ3n) is 6.40. The third-order valence-corrected chi connectivity index (χ3v) is 8.19. The van der Waals surface area contributed by atoms with E-state index in [4.69, 9.17) is 0 Å². The fraction of sp³-hybridized carbons (Fsp3) is 0.310. The van der Waals surface area contributed by atoms with Crippen molar-refractivity contribution in [2.75, 3.05) is 10.8 Å². The molecule has 0 aliphatic heterocycles. The summed E-state index contributed by atoms with van der Waals surface area (Å²) in [4.78, 5) is 28.1. The standard InChI is InChI=1S/C29H34FN3O4S/c1-5-22(3)31-29(35)23(4)32(19-24-11-9-10-14-27(24)30)28(34)20-33(25-17-15-21(2)16-18-25)38(36,37)26-12-7-6-8-13-26/h6-18,22-23H,5,19-20H2,1-4H3,(H,31,35)/t22-,23-/m0/s1. The molecule has 3 rings (SSSR count). The van der Waals surface area contributed by atoms with Crippen LogP contribution >= 0.6 is 0 Å². The van der Waals surface area contributed by atoms with E-state index in [0.29, 0.717) is 12.1 Å². The van der Waals surface area contributed by atoms with Crippen molar-refractivity contribution in [2.24, 2.45) is 0 Å². The minimum absolute atomic E-state index is 0.0246. The summed E-state index contributed by atoms with van der Waals surface area (Å²) in [6.07, 6.45) is 0.691. The lowest BCUT2D eigenvalue weighted by molar-refractivity contribution is -0.139. The van der Waals surface area contributed by atoms with Gasteiger partial charge in [-0.1, -0.05) is 61.0 Å². The molecule has 1 N–H and O–H groups in total. The van der Waals surface area contributed by atoms with E-state index in [0.717, 1.165) is 9.87 Å². The monoisotopic (exact) mass is 539 g/mol. The largest absolute Gasteiger partial charge is 0.352 e. The van der Waals surface area contributed by atoms with Gasteiger partial charge in [0, 0.05) is 18.2 Å². The number of rotatable bonds is 11. The van der Waals surface area contributed by atoms with Crippen molar-refractivity contribution >= 4 is 27.5 Å². The highest BCUT2D eigenvalue weighted by Crippen LogP contribution is 2.25. The summed E-state index contributed by atoms with van der Waals surface area (Å²) in [5.41, 5.74) is 1.45. The molecule has 0 aliphatic rings. The van der Waals surface area contributed by atoms with Gasteiger partial charge in [-0.05, 0) is 57.5 Å².